The van der Waals surface area contributed by atoms with Gasteiger partial charge in [0.1, 0.15) is 40.7 Å². The summed E-state index contributed by atoms with van der Waals surface area (Å²) >= 11 is 0. The highest BCUT2D eigenvalue weighted by molar-refractivity contribution is 6.02. The first-order valence-corrected chi connectivity index (χ1v) is 30.1. The number of aromatic hydroxyl groups is 2. The maximum Gasteiger partial charge on any atom is 0.340 e. The molecule has 6 atom stereocenters. The molecule has 1 fully saturated rings. The second-order valence-electron chi connectivity index (χ2n) is 23.0. The zero-order chi connectivity index (χ0) is 66.9. The van der Waals surface area contributed by atoms with Crippen LogP contribution in [0.15, 0.2) is 54.6 Å². The van der Waals surface area contributed by atoms with Crippen molar-refractivity contribution in [2.45, 2.75) is 147 Å². The van der Waals surface area contributed by atoms with Crippen LogP contribution in [0.5, 0.6) is 23.0 Å². The van der Waals surface area contributed by atoms with E-state index in [2.05, 4.69) is 47.9 Å². The Bertz CT molecular complexity index is 3240. The molecule has 13 N–H and O–H groups in total. The molecule has 29 nitrogen and oxygen atoms in total. The van der Waals surface area contributed by atoms with Crippen molar-refractivity contribution in [3.05, 3.63) is 82.4 Å². The number of ketones is 2. The largest absolute Gasteiger partial charge is 0.508 e. The number of likely N-dealkylation sites (tertiary alicyclic amines) is 1. The molecule has 0 aliphatic carbocycles. The first kappa shape index (κ1) is 70.6. The maximum atomic E-state index is 14.2. The van der Waals surface area contributed by atoms with Gasteiger partial charge in [0.05, 0.1) is 62.8 Å². The third kappa shape index (κ3) is 18.3. The number of phenolic OH excluding ortho intramolecular Hbond substituents is 2. The molecule has 1 saturated heterocycles. The number of fused-ring (bicyclic) bond motifs is 6. The van der Waals surface area contributed by atoms with Gasteiger partial charge < -0.3 is 77.3 Å². The number of rotatable bonds is 33. The minimum atomic E-state index is -1.95. The lowest BCUT2D eigenvalue weighted by Gasteiger charge is -2.36. The number of nitrogens with zero attached hydrogens (tertiary/aromatic N) is 1. The van der Waals surface area contributed by atoms with Gasteiger partial charge in [0, 0.05) is 53.4 Å². The number of ether oxygens (including phenoxy) is 2. The summed E-state index contributed by atoms with van der Waals surface area (Å²) in [4.78, 5) is 171. The Morgan fingerprint density at radius 1 is 0.670 bits per heavy atom. The van der Waals surface area contributed by atoms with Gasteiger partial charge in [0.2, 0.25) is 47.3 Å². The second kappa shape index (κ2) is 31.8. The van der Waals surface area contributed by atoms with Crippen molar-refractivity contribution in [1.29, 1.82) is 0 Å². The van der Waals surface area contributed by atoms with Crippen molar-refractivity contribution in [2.75, 3.05) is 45.8 Å². The monoisotopic (exact) mass is 1270 g/mol. The summed E-state index contributed by atoms with van der Waals surface area (Å²) in [5.74, 6) is -9.96. The number of carbonyl (C=O) groups excluding carboxylic acids is 12. The molecule has 6 rings (SSSR count). The highest BCUT2D eigenvalue weighted by Gasteiger charge is 2.54. The summed E-state index contributed by atoms with van der Waals surface area (Å²) in [5.41, 5.74) is -2.21. The van der Waals surface area contributed by atoms with Gasteiger partial charge in [-0.05, 0) is 95.2 Å². The van der Waals surface area contributed by atoms with Crippen LogP contribution in [0.3, 0.4) is 0 Å². The number of nitrogens with one attached hydrogen (secondary N) is 9. The van der Waals surface area contributed by atoms with Gasteiger partial charge in [-0.3, -0.25) is 62.9 Å². The summed E-state index contributed by atoms with van der Waals surface area (Å²) in [7, 11) is 0. The minimum Gasteiger partial charge on any atom is -0.508 e. The smallest absolute Gasteiger partial charge is 0.340 e. The molecule has 0 radical (unpaired) electrons. The molecule has 3 aliphatic rings. The number of hydrogen-bond donors (Lipinski definition) is 13. The van der Waals surface area contributed by atoms with E-state index in [9.17, 15) is 82.8 Å². The Balaban J connectivity index is 1.05. The molecule has 0 bridgehead atoms. The number of aliphatic hydroxyl groups is 1. The lowest BCUT2D eigenvalue weighted by molar-refractivity contribution is -0.145. The van der Waals surface area contributed by atoms with Crippen molar-refractivity contribution in [2.24, 2.45) is 5.92 Å². The standard InChI is InChI=1S/C62H80N10O19/c1-7-9-13-43(71-59(87)45-15-12-23-72(45)52(79)32-66-49(76)29-64-48(75)28-65-50(77)30-67-56(84)33(3)4)58(86)68-31-51(78)70-42(54(82)34(5)69-44(27-53(80)81)55(83)61(6,89)8-2)14-10-11-22-63-57(85)35-16-19-39-38(24-35)60(88)91-62(39)40-20-17-36(73)25-46(40)90-47-26-37(74)18-21-41(47)62/h16-21,24-26,33-34,42-45,69,73-74,89H,7-15,22-23,27-32H2,1-6H3,(H,63,85)(H,64,75)(H,65,77)(H,66,76)(H,67,84)(H,68,86)(H,70,78)(H,71,87)(H,80,81). The zero-order valence-electron chi connectivity index (χ0n) is 51.5. The third-order valence-corrected chi connectivity index (χ3v) is 15.8. The molecule has 3 aromatic rings. The number of hydrogen-bond acceptors (Lipinski definition) is 19. The van der Waals surface area contributed by atoms with Crippen LogP contribution in [-0.2, 0) is 63.1 Å². The number of carbonyl (C=O) groups is 13. The van der Waals surface area contributed by atoms with Crippen molar-refractivity contribution in [1.82, 2.24) is 52.8 Å². The highest BCUT2D eigenvalue weighted by Crippen LogP contribution is 2.57. The van der Waals surface area contributed by atoms with Gasteiger partial charge in [-0.2, -0.15) is 0 Å². The molecule has 3 heterocycles. The van der Waals surface area contributed by atoms with E-state index in [1.54, 1.807) is 32.0 Å². The molecule has 6 unspecified atom stereocenters. The first-order valence-electron chi connectivity index (χ1n) is 30.1. The fourth-order valence-electron chi connectivity index (χ4n) is 10.6. The number of carboxylic acids is 1. The van der Waals surface area contributed by atoms with Crippen LogP contribution >= 0.6 is 0 Å². The number of amides is 9. The number of Topliss-reactive ketones (excluding diaryl/α,β-unsaturated/α-hetero) is 2. The predicted octanol–water partition coefficient (Wildman–Crippen LogP) is 0.0743. The van der Waals surface area contributed by atoms with Gasteiger partial charge in [-0.15, -0.1) is 0 Å². The van der Waals surface area contributed by atoms with E-state index >= 15 is 0 Å². The lowest BCUT2D eigenvalue weighted by Crippen LogP contribution is -2.57. The molecule has 3 aromatic carbocycles. The first-order chi connectivity index (χ1) is 43.1. The SMILES string of the molecule is CCCCC(NC(=O)C1CCCN1C(=O)CNC(=O)CNC(=O)CNC(=O)CNC(=O)C(C)C)C(=O)NCC(=O)NC(CCCCNC(=O)c1ccc2c(c1)C(=O)OC21c2ccc(O)cc2Oc2cc(O)ccc21)C(=O)C(C)NC(CC(=O)O)C(=O)C(C)(O)CC. The molecule has 1 spiro atoms. The van der Waals surface area contributed by atoms with Crippen LogP contribution in [0.25, 0.3) is 0 Å². The quantitative estimate of drug-likeness (QED) is 0.0283. The van der Waals surface area contributed by atoms with Crippen molar-refractivity contribution < 1.29 is 92.2 Å². The van der Waals surface area contributed by atoms with Crippen LogP contribution < -0.4 is 52.6 Å². The summed E-state index contributed by atoms with van der Waals surface area (Å²) in [5, 5.41) is 63.6. The van der Waals surface area contributed by atoms with Gasteiger partial charge in [-0.1, -0.05) is 46.6 Å². The van der Waals surface area contributed by atoms with Crippen LogP contribution in [-0.4, -0.2) is 184 Å². The number of aliphatic carboxylic acids is 1. The van der Waals surface area contributed by atoms with E-state index in [0.717, 1.165) is 0 Å². The van der Waals surface area contributed by atoms with Crippen LogP contribution in [0, 0.1) is 5.92 Å². The molecule has 492 valence electrons. The second-order valence-corrected chi connectivity index (χ2v) is 23.0. The fraction of sp³-hybridized carbons (Fsp3) is 0.500. The summed E-state index contributed by atoms with van der Waals surface area (Å²) in [6.07, 6.45) is 1.25. The lowest BCUT2D eigenvalue weighted by atomic mass is 9.77. The van der Waals surface area contributed by atoms with Crippen LogP contribution in [0.1, 0.15) is 143 Å². The maximum absolute atomic E-state index is 14.2. The summed E-state index contributed by atoms with van der Waals surface area (Å²) < 4.78 is 12.1. The Morgan fingerprint density at radius 2 is 1.24 bits per heavy atom. The molecular weight excluding hydrogens is 1190 g/mol. The average molecular weight is 1270 g/mol. The van der Waals surface area contributed by atoms with E-state index in [0.29, 0.717) is 36.0 Å². The van der Waals surface area contributed by atoms with Crippen molar-refractivity contribution in [3.8, 4) is 23.0 Å². The summed E-state index contributed by atoms with van der Waals surface area (Å²) in [6, 6.07) is 6.65. The molecule has 29 heteroatoms. The highest BCUT2D eigenvalue weighted by atomic mass is 16.6. The number of unbranched alkanes of at least 4 members (excludes halogenated alkanes) is 2. The number of esters is 1. The molecule has 0 saturated carbocycles. The predicted molar refractivity (Wildman–Crippen MR) is 322 cm³/mol. The topological polar surface area (TPSA) is 433 Å². The van der Waals surface area contributed by atoms with E-state index in [-0.39, 0.29) is 104 Å². The third-order valence-electron chi connectivity index (χ3n) is 15.8. The molecule has 3 aliphatic heterocycles. The average Bonchev–Trinajstić information content (AvgIpc) is 1.63. The van der Waals surface area contributed by atoms with E-state index in [1.807, 2.05) is 6.92 Å². The van der Waals surface area contributed by atoms with Crippen molar-refractivity contribution in [3.63, 3.8) is 0 Å². The van der Waals surface area contributed by atoms with E-state index < -0.39 is 145 Å². The fourth-order valence-corrected chi connectivity index (χ4v) is 10.6. The summed E-state index contributed by atoms with van der Waals surface area (Å²) in [6.45, 7) is 6.77. The Hall–Kier alpha value is -9.51. The van der Waals surface area contributed by atoms with Gasteiger partial charge in [0.15, 0.2) is 17.2 Å². The minimum absolute atomic E-state index is 0.0269. The van der Waals surface area contributed by atoms with E-state index in [4.69, 9.17) is 9.47 Å². The van der Waals surface area contributed by atoms with Gasteiger partial charge in [0.25, 0.3) is 5.91 Å². The Morgan fingerprint density at radius 3 is 1.84 bits per heavy atom. The number of phenols is 2. The number of benzene rings is 3. The normalized spacial score (nSPS) is 16.1. The molecular formula is C62H80N10O19. The zero-order valence-corrected chi connectivity index (χ0v) is 51.5. The molecule has 9 amide bonds. The van der Waals surface area contributed by atoms with Gasteiger partial charge in [-0.25, -0.2) is 4.79 Å². The van der Waals surface area contributed by atoms with Crippen LogP contribution in [0.2, 0.25) is 0 Å². The van der Waals surface area contributed by atoms with E-state index in [1.165, 1.54) is 62.1 Å². The number of carboxylic acid groups (broad SMARTS) is 1. The Labute approximate surface area is 524 Å². The molecule has 91 heavy (non-hydrogen) atoms. The van der Waals surface area contributed by atoms with Crippen molar-refractivity contribution >= 4 is 76.7 Å². The van der Waals surface area contributed by atoms with Crippen LogP contribution in [0.4, 0.5) is 0 Å². The molecule has 0 aromatic heterocycles. The van der Waals surface area contributed by atoms with Gasteiger partial charge >= 0.3 is 11.9 Å². The Kier molecular flexibility index (Phi) is 24.7.